The van der Waals surface area contributed by atoms with Crippen LogP contribution in [0.4, 0.5) is 0 Å². The lowest BCUT2D eigenvalue weighted by Crippen LogP contribution is -1.97. The minimum atomic E-state index is 0.439. The molecule has 1 aromatic heterocycles. The van der Waals surface area contributed by atoms with Gasteiger partial charge in [-0.2, -0.15) is 0 Å². The normalized spacial score (nSPS) is 10.6. The molecular formula is C12H14BrN3O. The predicted octanol–water partition coefficient (Wildman–Crippen LogP) is 2.77. The largest absolute Gasteiger partial charge is 0.487 e. The van der Waals surface area contributed by atoms with Crippen molar-refractivity contribution >= 4 is 15.9 Å². The van der Waals surface area contributed by atoms with E-state index in [-0.39, 0.29) is 0 Å². The smallest absolute Gasteiger partial charge is 0.134 e. The van der Waals surface area contributed by atoms with Crippen LogP contribution in [0, 0.1) is 13.8 Å². The molecular weight excluding hydrogens is 282 g/mol. The zero-order valence-electron chi connectivity index (χ0n) is 10.1. The minimum Gasteiger partial charge on any atom is -0.487 e. The van der Waals surface area contributed by atoms with Crippen LogP contribution in [-0.4, -0.2) is 15.0 Å². The molecule has 0 fully saturated rings. The number of nitrogens with zero attached hydrogens (tertiary/aromatic N) is 3. The van der Waals surface area contributed by atoms with E-state index in [0.717, 1.165) is 15.9 Å². The first-order chi connectivity index (χ1) is 8.06. The van der Waals surface area contributed by atoms with Crippen molar-refractivity contribution in [3.05, 3.63) is 39.6 Å². The van der Waals surface area contributed by atoms with Gasteiger partial charge in [0.05, 0.1) is 6.20 Å². The van der Waals surface area contributed by atoms with Crippen LogP contribution in [0.2, 0.25) is 0 Å². The Kier molecular flexibility index (Phi) is 3.47. The molecule has 0 aliphatic rings. The van der Waals surface area contributed by atoms with Crippen LogP contribution in [0.3, 0.4) is 0 Å². The number of aromatic nitrogens is 3. The summed E-state index contributed by atoms with van der Waals surface area (Å²) in [6.07, 6.45) is 1.85. The molecule has 0 saturated carbocycles. The van der Waals surface area contributed by atoms with Crippen molar-refractivity contribution in [1.29, 1.82) is 0 Å². The van der Waals surface area contributed by atoms with Gasteiger partial charge in [-0.05, 0) is 37.1 Å². The van der Waals surface area contributed by atoms with E-state index in [1.54, 1.807) is 4.68 Å². The standard InChI is InChI=1S/C12H14BrN3O/c1-8-4-11(5-9(2)12(8)13)17-7-10-6-16(3)15-14-10/h4-6H,7H2,1-3H3. The number of hydrogen-bond acceptors (Lipinski definition) is 3. The number of halogens is 1. The summed E-state index contributed by atoms with van der Waals surface area (Å²) in [5.41, 5.74) is 3.16. The maximum atomic E-state index is 5.69. The fraction of sp³-hybridized carbons (Fsp3) is 0.333. The highest BCUT2D eigenvalue weighted by molar-refractivity contribution is 9.10. The van der Waals surface area contributed by atoms with Gasteiger partial charge in [0.2, 0.25) is 0 Å². The average Bonchev–Trinajstić information content (AvgIpc) is 2.69. The second-order valence-electron chi connectivity index (χ2n) is 4.04. The van der Waals surface area contributed by atoms with E-state index < -0.39 is 0 Å². The Balaban J connectivity index is 2.09. The lowest BCUT2D eigenvalue weighted by atomic mass is 10.1. The number of benzene rings is 1. The van der Waals surface area contributed by atoms with Crippen molar-refractivity contribution in [3.63, 3.8) is 0 Å². The Bertz CT molecular complexity index is 513. The zero-order chi connectivity index (χ0) is 12.4. The van der Waals surface area contributed by atoms with Gasteiger partial charge < -0.3 is 4.74 Å². The first-order valence-corrected chi connectivity index (χ1v) is 6.10. The Hall–Kier alpha value is -1.36. The Morgan fingerprint density at radius 2 is 1.94 bits per heavy atom. The van der Waals surface area contributed by atoms with Crippen molar-refractivity contribution in [2.24, 2.45) is 7.05 Å². The second-order valence-corrected chi connectivity index (χ2v) is 4.84. The van der Waals surface area contributed by atoms with Crippen LogP contribution < -0.4 is 4.74 Å². The third-order valence-corrected chi connectivity index (χ3v) is 3.70. The van der Waals surface area contributed by atoms with E-state index in [1.165, 1.54) is 11.1 Å². The van der Waals surface area contributed by atoms with Gasteiger partial charge in [0.25, 0.3) is 0 Å². The van der Waals surface area contributed by atoms with E-state index in [0.29, 0.717) is 6.61 Å². The molecule has 5 heteroatoms. The summed E-state index contributed by atoms with van der Waals surface area (Å²) >= 11 is 3.53. The summed E-state index contributed by atoms with van der Waals surface area (Å²) in [6, 6.07) is 4.01. The Morgan fingerprint density at radius 3 is 2.47 bits per heavy atom. The molecule has 0 atom stereocenters. The molecule has 2 aromatic rings. The Labute approximate surface area is 109 Å². The molecule has 0 bridgehead atoms. The van der Waals surface area contributed by atoms with Crippen molar-refractivity contribution in [2.75, 3.05) is 0 Å². The summed E-state index contributed by atoms with van der Waals surface area (Å²) < 4.78 is 8.48. The van der Waals surface area contributed by atoms with Crippen molar-refractivity contribution < 1.29 is 4.74 Å². The number of aryl methyl sites for hydroxylation is 3. The van der Waals surface area contributed by atoms with Gasteiger partial charge in [-0.15, -0.1) is 5.10 Å². The maximum Gasteiger partial charge on any atom is 0.134 e. The summed E-state index contributed by atoms with van der Waals surface area (Å²) in [6.45, 7) is 4.53. The molecule has 1 heterocycles. The van der Waals surface area contributed by atoms with Crippen LogP contribution >= 0.6 is 15.9 Å². The lowest BCUT2D eigenvalue weighted by molar-refractivity contribution is 0.300. The summed E-state index contributed by atoms with van der Waals surface area (Å²) in [7, 11) is 1.84. The van der Waals surface area contributed by atoms with Crippen molar-refractivity contribution in [3.8, 4) is 5.75 Å². The topological polar surface area (TPSA) is 39.9 Å². The Morgan fingerprint density at radius 1 is 1.29 bits per heavy atom. The van der Waals surface area contributed by atoms with Crippen LogP contribution in [0.25, 0.3) is 0 Å². The molecule has 90 valence electrons. The molecule has 4 nitrogen and oxygen atoms in total. The fourth-order valence-corrected chi connectivity index (χ4v) is 1.84. The van der Waals surface area contributed by atoms with Gasteiger partial charge in [0.1, 0.15) is 18.1 Å². The number of hydrogen-bond donors (Lipinski definition) is 0. The summed E-state index contributed by atoms with van der Waals surface area (Å²) in [5, 5.41) is 7.83. The first kappa shape index (κ1) is 12.1. The molecule has 0 amide bonds. The van der Waals surface area contributed by atoms with Crippen LogP contribution in [0.5, 0.6) is 5.75 Å². The van der Waals surface area contributed by atoms with Crippen LogP contribution in [0.15, 0.2) is 22.8 Å². The van der Waals surface area contributed by atoms with E-state index >= 15 is 0 Å². The van der Waals surface area contributed by atoms with Crippen molar-refractivity contribution in [2.45, 2.75) is 20.5 Å². The SMILES string of the molecule is Cc1cc(OCc2cn(C)nn2)cc(C)c1Br. The van der Waals surface area contributed by atoms with Crippen LogP contribution in [0.1, 0.15) is 16.8 Å². The second kappa shape index (κ2) is 4.87. The monoisotopic (exact) mass is 295 g/mol. The highest BCUT2D eigenvalue weighted by Gasteiger charge is 2.04. The van der Waals surface area contributed by atoms with Gasteiger partial charge in [-0.1, -0.05) is 21.1 Å². The number of rotatable bonds is 3. The molecule has 0 saturated heterocycles. The highest BCUT2D eigenvalue weighted by Crippen LogP contribution is 2.26. The summed E-state index contributed by atoms with van der Waals surface area (Å²) in [5.74, 6) is 0.855. The lowest BCUT2D eigenvalue weighted by Gasteiger charge is -2.08. The molecule has 0 N–H and O–H groups in total. The number of ether oxygens (including phenoxy) is 1. The predicted molar refractivity (Wildman–Crippen MR) is 69.0 cm³/mol. The quantitative estimate of drug-likeness (QED) is 0.874. The van der Waals surface area contributed by atoms with Gasteiger partial charge in [-0.3, -0.25) is 4.68 Å². The third-order valence-electron chi connectivity index (χ3n) is 2.45. The fourth-order valence-electron chi connectivity index (χ4n) is 1.61. The van der Waals surface area contributed by atoms with Crippen LogP contribution in [-0.2, 0) is 13.7 Å². The molecule has 2 rings (SSSR count). The molecule has 0 aliphatic heterocycles. The zero-order valence-corrected chi connectivity index (χ0v) is 11.7. The molecule has 0 radical (unpaired) electrons. The summed E-state index contributed by atoms with van der Waals surface area (Å²) in [4.78, 5) is 0. The van der Waals surface area contributed by atoms with Gasteiger partial charge in [0.15, 0.2) is 0 Å². The van der Waals surface area contributed by atoms with Gasteiger partial charge in [-0.25, -0.2) is 0 Å². The van der Waals surface area contributed by atoms with E-state index in [9.17, 15) is 0 Å². The molecule has 1 aromatic carbocycles. The molecule has 17 heavy (non-hydrogen) atoms. The molecule has 0 unspecified atom stereocenters. The minimum absolute atomic E-state index is 0.439. The molecule has 0 spiro atoms. The third kappa shape index (κ3) is 2.85. The van der Waals surface area contributed by atoms with Crippen molar-refractivity contribution in [1.82, 2.24) is 15.0 Å². The van der Waals surface area contributed by atoms with E-state index in [4.69, 9.17) is 4.74 Å². The van der Waals surface area contributed by atoms with Gasteiger partial charge >= 0.3 is 0 Å². The van der Waals surface area contributed by atoms with E-state index in [1.807, 2.05) is 39.2 Å². The maximum absolute atomic E-state index is 5.69. The van der Waals surface area contributed by atoms with E-state index in [2.05, 4.69) is 26.2 Å². The molecule has 0 aliphatic carbocycles. The average molecular weight is 296 g/mol. The first-order valence-electron chi connectivity index (χ1n) is 5.31. The van der Waals surface area contributed by atoms with Gasteiger partial charge in [0, 0.05) is 11.5 Å². The highest BCUT2D eigenvalue weighted by atomic mass is 79.9.